The van der Waals surface area contributed by atoms with E-state index in [9.17, 15) is 8.42 Å². The number of anilines is 1. The van der Waals surface area contributed by atoms with Crippen LogP contribution < -0.4 is 9.64 Å². The van der Waals surface area contributed by atoms with Crippen molar-refractivity contribution in [3.8, 4) is 5.88 Å². The van der Waals surface area contributed by atoms with Crippen molar-refractivity contribution in [2.75, 3.05) is 57.5 Å². The van der Waals surface area contributed by atoms with Gasteiger partial charge in [-0.05, 0) is 37.6 Å². The summed E-state index contributed by atoms with van der Waals surface area (Å²) in [5.74, 6) is 1.33. The fourth-order valence-corrected chi connectivity index (χ4v) is 5.50. The van der Waals surface area contributed by atoms with Crippen LogP contribution in [0.15, 0.2) is 41.4 Å². The third-order valence-corrected chi connectivity index (χ3v) is 7.46. The topological polar surface area (TPSA) is 78.9 Å². The van der Waals surface area contributed by atoms with Crippen molar-refractivity contribution in [3.05, 3.63) is 42.1 Å². The van der Waals surface area contributed by atoms with E-state index in [1.807, 2.05) is 12.1 Å². The molecule has 31 heavy (non-hydrogen) atoms. The van der Waals surface area contributed by atoms with Gasteiger partial charge in [-0.15, -0.1) is 0 Å². The molecule has 0 aliphatic carbocycles. The van der Waals surface area contributed by atoms with Crippen molar-refractivity contribution in [1.82, 2.24) is 19.8 Å². The Morgan fingerprint density at radius 3 is 2.42 bits per heavy atom. The van der Waals surface area contributed by atoms with E-state index in [2.05, 4.69) is 24.7 Å². The van der Waals surface area contributed by atoms with Crippen LogP contribution in [-0.4, -0.2) is 86.9 Å². The minimum atomic E-state index is -3.20. The van der Waals surface area contributed by atoms with E-state index in [1.54, 1.807) is 31.5 Å². The Morgan fingerprint density at radius 1 is 1.03 bits per heavy atom. The second-order valence-electron chi connectivity index (χ2n) is 8.31. The highest BCUT2D eigenvalue weighted by Gasteiger charge is 2.28. The zero-order valence-corrected chi connectivity index (χ0v) is 19.1. The maximum absolute atomic E-state index is 12.1. The predicted octanol–water partition coefficient (Wildman–Crippen LogP) is 1.68. The van der Waals surface area contributed by atoms with Crippen molar-refractivity contribution < 1.29 is 13.2 Å². The van der Waals surface area contributed by atoms with E-state index < -0.39 is 9.84 Å². The molecule has 0 amide bonds. The van der Waals surface area contributed by atoms with Crippen molar-refractivity contribution >= 4 is 15.8 Å². The van der Waals surface area contributed by atoms with Gasteiger partial charge in [-0.25, -0.2) is 13.4 Å². The number of likely N-dealkylation sites (tertiary alicyclic amines) is 1. The van der Waals surface area contributed by atoms with Gasteiger partial charge in [0.2, 0.25) is 11.8 Å². The first-order valence-electron chi connectivity index (χ1n) is 10.8. The highest BCUT2D eigenvalue weighted by atomic mass is 32.2. The van der Waals surface area contributed by atoms with Gasteiger partial charge in [-0.2, -0.15) is 4.98 Å². The van der Waals surface area contributed by atoms with Gasteiger partial charge in [0.05, 0.1) is 12.0 Å². The first-order chi connectivity index (χ1) is 14.9. The summed E-state index contributed by atoms with van der Waals surface area (Å²) < 4.78 is 29.4. The number of hydrogen-bond acceptors (Lipinski definition) is 8. The van der Waals surface area contributed by atoms with Crippen LogP contribution in [0.5, 0.6) is 5.88 Å². The number of rotatable bonds is 6. The van der Waals surface area contributed by atoms with Gasteiger partial charge >= 0.3 is 0 Å². The summed E-state index contributed by atoms with van der Waals surface area (Å²) >= 11 is 0. The molecule has 168 valence electrons. The minimum Gasteiger partial charge on any atom is -0.481 e. The molecule has 0 unspecified atom stereocenters. The molecule has 0 N–H and O–H groups in total. The lowest BCUT2D eigenvalue weighted by molar-refractivity contribution is 0.0992. The van der Waals surface area contributed by atoms with Crippen LogP contribution in [0.4, 0.5) is 5.95 Å². The summed E-state index contributed by atoms with van der Waals surface area (Å²) in [6, 6.07) is 9.70. The molecule has 2 fully saturated rings. The predicted molar refractivity (Wildman–Crippen MR) is 120 cm³/mol. The molecular weight excluding hydrogens is 414 g/mol. The molecule has 0 saturated carbocycles. The van der Waals surface area contributed by atoms with E-state index in [0.29, 0.717) is 23.4 Å². The number of hydrogen-bond donors (Lipinski definition) is 0. The summed E-state index contributed by atoms with van der Waals surface area (Å²) in [6.45, 7) is 6.50. The van der Waals surface area contributed by atoms with Crippen molar-refractivity contribution in [2.24, 2.45) is 0 Å². The SMILES string of the molecule is COc1ccnc(N2CCN(C3CCN(Cc4ccccc4S(C)(=O)=O)CC3)CC2)n1. The summed E-state index contributed by atoms with van der Waals surface area (Å²) in [6.07, 6.45) is 5.24. The number of piperazine rings is 1. The van der Waals surface area contributed by atoms with Crippen LogP contribution in [0.1, 0.15) is 18.4 Å². The van der Waals surface area contributed by atoms with Crippen molar-refractivity contribution in [1.29, 1.82) is 0 Å². The molecule has 2 saturated heterocycles. The summed E-state index contributed by atoms with van der Waals surface area (Å²) in [4.78, 5) is 16.5. The monoisotopic (exact) mass is 445 g/mol. The van der Waals surface area contributed by atoms with Gasteiger partial charge in [-0.3, -0.25) is 9.80 Å². The fraction of sp³-hybridized carbons (Fsp3) is 0.545. The minimum absolute atomic E-state index is 0.452. The van der Waals surface area contributed by atoms with Crippen molar-refractivity contribution in [3.63, 3.8) is 0 Å². The number of aromatic nitrogens is 2. The van der Waals surface area contributed by atoms with Crippen LogP contribution >= 0.6 is 0 Å². The average molecular weight is 446 g/mol. The molecule has 0 radical (unpaired) electrons. The number of benzene rings is 1. The number of sulfone groups is 1. The van der Waals surface area contributed by atoms with E-state index >= 15 is 0 Å². The summed E-state index contributed by atoms with van der Waals surface area (Å²) in [5.41, 5.74) is 0.898. The van der Waals surface area contributed by atoms with Gasteiger partial charge in [0.25, 0.3) is 0 Å². The number of ether oxygens (including phenoxy) is 1. The Kier molecular flexibility index (Phi) is 6.74. The third-order valence-electron chi connectivity index (χ3n) is 6.26. The smallest absolute Gasteiger partial charge is 0.228 e. The van der Waals surface area contributed by atoms with Crippen LogP contribution in [0.2, 0.25) is 0 Å². The van der Waals surface area contributed by atoms with Gasteiger partial charge in [0.1, 0.15) is 0 Å². The lowest BCUT2D eigenvalue weighted by Gasteiger charge is -2.42. The molecule has 2 aromatic rings. The van der Waals surface area contributed by atoms with Crippen LogP contribution in [0, 0.1) is 0 Å². The Bertz CT molecular complexity index is 984. The zero-order chi connectivity index (χ0) is 21.8. The highest BCUT2D eigenvalue weighted by molar-refractivity contribution is 7.90. The fourth-order valence-electron chi connectivity index (χ4n) is 4.57. The second kappa shape index (κ2) is 9.50. The molecule has 3 heterocycles. The molecule has 9 heteroatoms. The first kappa shape index (κ1) is 22.0. The quantitative estimate of drug-likeness (QED) is 0.665. The molecule has 0 atom stereocenters. The van der Waals surface area contributed by atoms with E-state index in [1.165, 1.54) is 6.26 Å². The zero-order valence-electron chi connectivity index (χ0n) is 18.3. The van der Waals surface area contributed by atoms with Gasteiger partial charge in [-0.1, -0.05) is 18.2 Å². The Labute approximate surface area is 184 Å². The van der Waals surface area contributed by atoms with Gasteiger partial charge < -0.3 is 9.64 Å². The highest BCUT2D eigenvalue weighted by Crippen LogP contribution is 2.23. The molecular formula is C22H31N5O3S. The standard InChI is InChI=1S/C22H31N5O3S/c1-30-21-7-10-23-22(24-21)27-15-13-26(14-16-27)19-8-11-25(12-9-19)17-18-5-3-4-6-20(18)31(2,28)29/h3-7,10,19H,8-9,11-17H2,1-2H3. The first-order valence-corrected chi connectivity index (χ1v) is 12.7. The van der Waals surface area contributed by atoms with Gasteiger partial charge in [0, 0.05) is 57.3 Å². The molecule has 0 spiro atoms. The molecule has 8 nitrogen and oxygen atoms in total. The normalized spacial score (nSPS) is 19.5. The maximum atomic E-state index is 12.1. The van der Waals surface area contributed by atoms with Crippen LogP contribution in [0.25, 0.3) is 0 Å². The molecule has 1 aromatic carbocycles. The lowest BCUT2D eigenvalue weighted by atomic mass is 10.0. The molecule has 2 aliphatic rings. The van der Waals surface area contributed by atoms with Crippen LogP contribution in [-0.2, 0) is 16.4 Å². The molecule has 1 aromatic heterocycles. The third kappa shape index (κ3) is 5.34. The van der Waals surface area contributed by atoms with Crippen molar-refractivity contribution in [2.45, 2.75) is 30.3 Å². The number of methoxy groups -OCH3 is 1. The molecule has 0 bridgehead atoms. The Balaban J connectivity index is 1.28. The number of piperidine rings is 1. The summed E-state index contributed by atoms with van der Waals surface area (Å²) in [5, 5.41) is 0. The lowest BCUT2D eigenvalue weighted by Crippen LogP contribution is -2.53. The van der Waals surface area contributed by atoms with E-state index in [0.717, 1.165) is 63.6 Å². The van der Waals surface area contributed by atoms with Crippen LogP contribution in [0.3, 0.4) is 0 Å². The maximum Gasteiger partial charge on any atom is 0.228 e. The molecule has 2 aliphatic heterocycles. The van der Waals surface area contributed by atoms with E-state index in [4.69, 9.17) is 4.74 Å². The Hall–Kier alpha value is -2.23. The average Bonchev–Trinajstić information content (AvgIpc) is 2.79. The molecule has 4 rings (SSSR count). The second-order valence-corrected chi connectivity index (χ2v) is 10.3. The number of nitrogens with zero attached hydrogens (tertiary/aromatic N) is 5. The van der Waals surface area contributed by atoms with E-state index in [-0.39, 0.29) is 0 Å². The largest absolute Gasteiger partial charge is 0.481 e. The van der Waals surface area contributed by atoms with Gasteiger partial charge in [0.15, 0.2) is 9.84 Å². The Morgan fingerprint density at radius 2 is 1.74 bits per heavy atom. The summed E-state index contributed by atoms with van der Waals surface area (Å²) in [7, 11) is -1.58.